The quantitative estimate of drug-likeness (QED) is 0.585. The molecule has 0 saturated carbocycles. The Bertz CT molecular complexity index is 1310. The highest BCUT2D eigenvalue weighted by Gasteiger charge is 2.52. The summed E-state index contributed by atoms with van der Waals surface area (Å²) in [7, 11) is 0. The Hall–Kier alpha value is -3.65. The number of amides is 4. The maximum absolute atomic E-state index is 13.6. The van der Waals surface area contributed by atoms with E-state index in [1.165, 1.54) is 4.90 Å². The van der Waals surface area contributed by atoms with Crippen LogP contribution < -0.4 is 10.2 Å². The van der Waals surface area contributed by atoms with Crippen molar-refractivity contribution in [1.29, 1.82) is 0 Å². The highest BCUT2D eigenvalue weighted by atomic mass is 16.5. The Morgan fingerprint density at radius 1 is 1.15 bits per heavy atom. The van der Waals surface area contributed by atoms with Gasteiger partial charge in [-0.15, -0.1) is 0 Å². The van der Waals surface area contributed by atoms with Crippen LogP contribution in [-0.4, -0.2) is 53.0 Å². The Morgan fingerprint density at radius 3 is 2.76 bits per heavy atom. The molecule has 3 aliphatic heterocycles. The molecular formula is C26H26N4O4. The van der Waals surface area contributed by atoms with Crippen LogP contribution in [0.3, 0.4) is 0 Å². The molecule has 8 nitrogen and oxygen atoms in total. The number of aromatic amines is 1. The summed E-state index contributed by atoms with van der Waals surface area (Å²) in [6.45, 7) is 3.05. The van der Waals surface area contributed by atoms with Gasteiger partial charge >= 0.3 is 6.03 Å². The lowest BCUT2D eigenvalue weighted by Crippen LogP contribution is -2.42. The highest BCUT2D eigenvalue weighted by molar-refractivity contribution is 6.24. The smallest absolute Gasteiger partial charge is 0.332 e. The zero-order valence-electron chi connectivity index (χ0n) is 18.9. The molecule has 34 heavy (non-hydrogen) atoms. The zero-order valence-corrected chi connectivity index (χ0v) is 18.9. The van der Waals surface area contributed by atoms with E-state index in [-0.39, 0.29) is 24.0 Å². The van der Waals surface area contributed by atoms with Crippen LogP contribution in [0, 0.1) is 0 Å². The number of para-hydroxylation sites is 2. The Morgan fingerprint density at radius 2 is 1.94 bits per heavy atom. The molecule has 0 radical (unpaired) electrons. The first-order valence-electron chi connectivity index (χ1n) is 11.8. The summed E-state index contributed by atoms with van der Waals surface area (Å²) >= 11 is 0. The number of nitrogens with one attached hydrogen (secondary N) is 2. The minimum Gasteiger partial charge on any atom is -0.376 e. The van der Waals surface area contributed by atoms with Gasteiger partial charge in [0, 0.05) is 36.2 Å². The van der Waals surface area contributed by atoms with Gasteiger partial charge in [-0.2, -0.15) is 0 Å². The number of hydrogen-bond donors (Lipinski definition) is 2. The number of carbonyl (C=O) groups excluding carboxylic acids is 3. The summed E-state index contributed by atoms with van der Waals surface area (Å²) in [4.78, 5) is 46.5. The van der Waals surface area contributed by atoms with Gasteiger partial charge in [-0.05, 0) is 43.5 Å². The number of hydrogen-bond acceptors (Lipinski definition) is 4. The third kappa shape index (κ3) is 3.13. The largest absolute Gasteiger partial charge is 0.376 e. The van der Waals surface area contributed by atoms with Gasteiger partial charge in [0.2, 0.25) is 0 Å². The van der Waals surface area contributed by atoms with Crippen molar-refractivity contribution >= 4 is 34.4 Å². The third-order valence-electron chi connectivity index (χ3n) is 7.24. The van der Waals surface area contributed by atoms with E-state index in [9.17, 15) is 14.4 Å². The van der Waals surface area contributed by atoms with Gasteiger partial charge in [-0.25, -0.2) is 9.69 Å². The molecule has 0 spiro atoms. The number of aromatic nitrogens is 1. The minimum absolute atomic E-state index is 0.00447. The van der Waals surface area contributed by atoms with E-state index >= 15 is 0 Å². The molecule has 2 N–H and O–H groups in total. The predicted octanol–water partition coefficient (Wildman–Crippen LogP) is 3.53. The molecule has 3 atom stereocenters. The Balaban J connectivity index is 1.31. The summed E-state index contributed by atoms with van der Waals surface area (Å²) in [5, 5.41) is 3.98. The van der Waals surface area contributed by atoms with Crippen molar-refractivity contribution in [2.75, 3.05) is 18.1 Å². The van der Waals surface area contributed by atoms with Gasteiger partial charge in [0.25, 0.3) is 11.8 Å². The molecule has 0 bridgehead atoms. The van der Waals surface area contributed by atoms with E-state index in [0.717, 1.165) is 35.0 Å². The van der Waals surface area contributed by atoms with Gasteiger partial charge in [0.05, 0.1) is 23.4 Å². The Kier molecular flexibility index (Phi) is 4.91. The van der Waals surface area contributed by atoms with E-state index in [0.29, 0.717) is 30.8 Å². The lowest BCUT2D eigenvalue weighted by Gasteiger charge is -2.33. The van der Waals surface area contributed by atoms with Crippen LogP contribution in [0.5, 0.6) is 0 Å². The molecule has 4 amide bonds. The first kappa shape index (κ1) is 20.9. The van der Waals surface area contributed by atoms with Crippen molar-refractivity contribution < 1.29 is 19.1 Å². The molecule has 3 aromatic rings. The number of ether oxygens (including phenoxy) is 1. The summed E-state index contributed by atoms with van der Waals surface area (Å²) in [6.07, 6.45) is 2.34. The van der Waals surface area contributed by atoms with E-state index < -0.39 is 12.1 Å². The van der Waals surface area contributed by atoms with Crippen LogP contribution in [0.25, 0.3) is 10.9 Å². The summed E-state index contributed by atoms with van der Waals surface area (Å²) in [6, 6.07) is 13.5. The average molecular weight is 459 g/mol. The lowest BCUT2D eigenvalue weighted by molar-refractivity contribution is -0.120. The Labute approximate surface area is 196 Å². The summed E-state index contributed by atoms with van der Waals surface area (Å²) in [5.74, 6) is -0.618. The van der Waals surface area contributed by atoms with Crippen LogP contribution in [0.15, 0.2) is 48.5 Å². The van der Waals surface area contributed by atoms with Crippen molar-refractivity contribution in [2.45, 2.75) is 44.4 Å². The molecule has 3 aliphatic rings. The molecule has 6 rings (SSSR count). The van der Waals surface area contributed by atoms with Crippen molar-refractivity contribution in [1.82, 2.24) is 15.2 Å². The first-order chi connectivity index (χ1) is 16.5. The van der Waals surface area contributed by atoms with Gasteiger partial charge in [-0.1, -0.05) is 30.3 Å². The van der Waals surface area contributed by atoms with Crippen LogP contribution >= 0.6 is 0 Å². The highest BCUT2D eigenvalue weighted by Crippen LogP contribution is 2.42. The second-order valence-corrected chi connectivity index (χ2v) is 9.18. The lowest BCUT2D eigenvalue weighted by atomic mass is 9.93. The van der Waals surface area contributed by atoms with E-state index in [1.807, 2.05) is 31.2 Å². The first-order valence-corrected chi connectivity index (χ1v) is 11.8. The molecule has 2 saturated heterocycles. The van der Waals surface area contributed by atoms with Crippen LogP contribution in [0.4, 0.5) is 10.5 Å². The minimum atomic E-state index is -0.600. The maximum atomic E-state index is 13.6. The number of H-pyrrole nitrogens is 1. The topological polar surface area (TPSA) is 94.7 Å². The molecule has 0 unspecified atom stereocenters. The van der Waals surface area contributed by atoms with Crippen LogP contribution in [-0.2, 0) is 16.0 Å². The molecule has 2 fully saturated rings. The number of fused-ring (bicyclic) bond motifs is 4. The molecule has 1 aromatic heterocycles. The molecule has 0 aliphatic carbocycles. The number of carbonyl (C=O) groups is 3. The van der Waals surface area contributed by atoms with E-state index in [2.05, 4.69) is 10.3 Å². The third-order valence-corrected chi connectivity index (χ3v) is 7.24. The van der Waals surface area contributed by atoms with E-state index in [1.54, 1.807) is 29.2 Å². The average Bonchev–Trinajstić information content (AvgIpc) is 3.56. The van der Waals surface area contributed by atoms with Crippen molar-refractivity contribution in [2.24, 2.45) is 0 Å². The molecule has 8 heteroatoms. The zero-order chi connectivity index (χ0) is 23.4. The monoisotopic (exact) mass is 458 g/mol. The van der Waals surface area contributed by atoms with Gasteiger partial charge in [0.15, 0.2) is 0 Å². The predicted molar refractivity (Wildman–Crippen MR) is 127 cm³/mol. The maximum Gasteiger partial charge on any atom is 0.332 e. The van der Waals surface area contributed by atoms with Crippen molar-refractivity contribution in [3.8, 4) is 0 Å². The number of benzene rings is 2. The number of rotatable bonds is 4. The van der Waals surface area contributed by atoms with Gasteiger partial charge < -0.3 is 19.9 Å². The SMILES string of the molecule is C[C@@H]1c2[nH]c3ccccc3c2C[C@H]2C(=O)N(c3ccccc3C(=O)NC[C@H]3CCCO3)C(=O)N12. The van der Waals surface area contributed by atoms with Crippen LogP contribution in [0.2, 0.25) is 0 Å². The van der Waals surface area contributed by atoms with Crippen LogP contribution in [0.1, 0.15) is 47.4 Å². The summed E-state index contributed by atoms with van der Waals surface area (Å²) < 4.78 is 5.59. The number of anilines is 1. The van der Waals surface area contributed by atoms with Gasteiger partial charge in [0.1, 0.15) is 6.04 Å². The number of urea groups is 1. The van der Waals surface area contributed by atoms with Crippen molar-refractivity contribution in [3.05, 3.63) is 65.4 Å². The number of imide groups is 1. The molecule has 4 heterocycles. The second kappa shape index (κ2) is 7.99. The number of nitrogens with zero attached hydrogens (tertiary/aromatic N) is 2. The molecular weight excluding hydrogens is 432 g/mol. The standard InChI is InChI=1S/C26H26N4O4/c1-15-23-19(17-8-2-4-10-20(17)28-23)13-22-25(32)30(26(33)29(15)22)21-11-5-3-9-18(21)24(31)27-14-16-7-6-12-34-16/h2-5,8-11,15-16,22,28H,6-7,12-14H2,1H3,(H,27,31)/t15-,16-,22+/m1/s1. The molecule has 174 valence electrons. The normalized spacial score (nSPS) is 24.0. The fourth-order valence-corrected chi connectivity index (χ4v) is 5.55. The molecule has 2 aromatic carbocycles. The van der Waals surface area contributed by atoms with Gasteiger partial charge in [-0.3, -0.25) is 9.59 Å². The fraction of sp³-hybridized carbons (Fsp3) is 0.346. The summed E-state index contributed by atoms with van der Waals surface area (Å²) in [5.41, 5.74) is 3.67. The van der Waals surface area contributed by atoms with E-state index in [4.69, 9.17) is 4.74 Å². The fourth-order valence-electron chi connectivity index (χ4n) is 5.55. The van der Waals surface area contributed by atoms with Crippen molar-refractivity contribution in [3.63, 3.8) is 0 Å². The second-order valence-electron chi connectivity index (χ2n) is 9.18.